The second kappa shape index (κ2) is 8.84. The third kappa shape index (κ3) is 5.07. The zero-order valence-electron chi connectivity index (χ0n) is 15.5. The van der Waals surface area contributed by atoms with Gasteiger partial charge in [-0.2, -0.15) is 5.26 Å². The van der Waals surface area contributed by atoms with Crippen LogP contribution in [0, 0.1) is 24.2 Å². The first-order valence-corrected chi connectivity index (χ1v) is 10.8. The van der Waals surface area contributed by atoms with Gasteiger partial charge in [0.2, 0.25) is 0 Å². The second-order valence-electron chi connectivity index (χ2n) is 6.84. The van der Waals surface area contributed by atoms with Gasteiger partial charge in [0, 0.05) is 14.6 Å². The number of nitriles is 1. The van der Waals surface area contributed by atoms with Crippen LogP contribution in [0.4, 0.5) is 5.69 Å². The Morgan fingerprint density at radius 2 is 1.89 bits per heavy atom. The van der Waals surface area contributed by atoms with Crippen LogP contribution in [0.1, 0.15) is 29.9 Å². The average molecular weight is 413 g/mol. The maximum Gasteiger partial charge on any atom is 0.0992 e. The zero-order valence-corrected chi connectivity index (χ0v) is 17.9. The van der Waals surface area contributed by atoms with Crippen LogP contribution in [-0.2, 0) is 6.42 Å². The number of aryl methyl sites for hydroxylation is 1. The molecule has 0 bridgehead atoms. The van der Waals surface area contributed by atoms with E-state index in [0.29, 0.717) is 16.5 Å². The fourth-order valence-corrected chi connectivity index (χ4v) is 4.83. The Kier molecular flexibility index (Phi) is 6.49. The number of benzene rings is 2. The van der Waals surface area contributed by atoms with E-state index in [1.165, 1.54) is 32.8 Å². The standard InChI is InChI=1S/C22H21ClN2S2/c1-14(2)10-16-4-7-18(8-5-16)22-12-20(15(3)26-22)25-27-21-9-6-17(13-24)11-19(21)23/h4-9,11-12,14,25H,10H2,1-3H3. The molecule has 5 heteroatoms. The van der Waals surface area contributed by atoms with E-state index in [2.05, 4.69) is 61.9 Å². The van der Waals surface area contributed by atoms with Crippen molar-refractivity contribution in [2.45, 2.75) is 32.1 Å². The fourth-order valence-electron chi connectivity index (χ4n) is 2.77. The number of hydrogen-bond donors (Lipinski definition) is 1. The quantitative estimate of drug-likeness (QED) is 0.424. The molecular weight excluding hydrogens is 392 g/mol. The van der Waals surface area contributed by atoms with Gasteiger partial charge in [-0.05, 0) is 66.6 Å². The van der Waals surface area contributed by atoms with Gasteiger partial charge in [-0.1, -0.05) is 49.7 Å². The zero-order chi connectivity index (χ0) is 19.4. The van der Waals surface area contributed by atoms with Gasteiger partial charge in [-0.3, -0.25) is 0 Å². The first kappa shape index (κ1) is 19.8. The van der Waals surface area contributed by atoms with E-state index >= 15 is 0 Å². The van der Waals surface area contributed by atoms with E-state index < -0.39 is 0 Å². The molecule has 2 nitrogen and oxygen atoms in total. The Morgan fingerprint density at radius 1 is 1.15 bits per heavy atom. The summed E-state index contributed by atoms with van der Waals surface area (Å²) in [4.78, 5) is 3.38. The Hall–Kier alpha value is -1.93. The molecule has 0 radical (unpaired) electrons. The predicted octanol–water partition coefficient (Wildman–Crippen LogP) is 7.57. The number of nitrogens with zero attached hydrogens (tertiary/aromatic N) is 1. The molecule has 0 unspecified atom stereocenters. The number of thiophene rings is 1. The van der Waals surface area contributed by atoms with Crippen molar-refractivity contribution in [1.82, 2.24) is 0 Å². The summed E-state index contributed by atoms with van der Waals surface area (Å²) in [6.07, 6.45) is 1.11. The molecule has 3 aromatic rings. The summed E-state index contributed by atoms with van der Waals surface area (Å²) in [5.74, 6) is 0.668. The minimum absolute atomic E-state index is 0.569. The highest BCUT2D eigenvalue weighted by Gasteiger charge is 2.10. The summed E-state index contributed by atoms with van der Waals surface area (Å²) < 4.78 is 3.39. The first-order chi connectivity index (χ1) is 13.0. The molecule has 27 heavy (non-hydrogen) atoms. The number of rotatable bonds is 6. The lowest BCUT2D eigenvalue weighted by molar-refractivity contribution is 0.647. The summed E-state index contributed by atoms with van der Waals surface area (Å²) >= 11 is 9.50. The van der Waals surface area contributed by atoms with Gasteiger partial charge < -0.3 is 4.72 Å². The van der Waals surface area contributed by atoms with Crippen LogP contribution in [-0.4, -0.2) is 0 Å². The van der Waals surface area contributed by atoms with Gasteiger partial charge in [0.25, 0.3) is 0 Å². The predicted molar refractivity (Wildman–Crippen MR) is 119 cm³/mol. The molecule has 1 aromatic heterocycles. The molecule has 0 spiro atoms. The van der Waals surface area contributed by atoms with Crippen LogP contribution in [0.2, 0.25) is 5.02 Å². The molecule has 0 saturated carbocycles. The molecular formula is C22H21ClN2S2. The molecule has 0 fully saturated rings. The maximum absolute atomic E-state index is 8.94. The van der Waals surface area contributed by atoms with Crippen molar-refractivity contribution < 1.29 is 0 Å². The molecule has 1 N–H and O–H groups in total. The maximum atomic E-state index is 8.94. The largest absolute Gasteiger partial charge is 0.325 e. The van der Waals surface area contributed by atoms with Gasteiger partial charge in [-0.25, -0.2) is 0 Å². The lowest BCUT2D eigenvalue weighted by atomic mass is 10.0. The van der Waals surface area contributed by atoms with Crippen molar-refractivity contribution in [3.63, 3.8) is 0 Å². The van der Waals surface area contributed by atoms with Gasteiger partial charge >= 0.3 is 0 Å². The van der Waals surface area contributed by atoms with Crippen LogP contribution in [0.25, 0.3) is 10.4 Å². The molecule has 0 aliphatic rings. The lowest BCUT2D eigenvalue weighted by Gasteiger charge is -2.06. The van der Waals surface area contributed by atoms with Crippen molar-refractivity contribution in [2.24, 2.45) is 5.92 Å². The highest BCUT2D eigenvalue weighted by molar-refractivity contribution is 8.00. The van der Waals surface area contributed by atoms with Crippen molar-refractivity contribution >= 4 is 40.6 Å². The number of nitrogens with one attached hydrogen (secondary N) is 1. The third-order valence-electron chi connectivity index (χ3n) is 4.13. The van der Waals surface area contributed by atoms with E-state index in [9.17, 15) is 0 Å². The molecule has 3 rings (SSSR count). The SMILES string of the molecule is Cc1sc(-c2ccc(CC(C)C)cc2)cc1NSc1ccc(C#N)cc1Cl. The highest BCUT2D eigenvalue weighted by Crippen LogP contribution is 2.37. The lowest BCUT2D eigenvalue weighted by Crippen LogP contribution is -1.93. The van der Waals surface area contributed by atoms with Gasteiger partial charge in [-0.15, -0.1) is 11.3 Å². The molecule has 0 amide bonds. The normalized spacial score (nSPS) is 10.8. The molecule has 0 atom stereocenters. The fraction of sp³-hybridized carbons (Fsp3) is 0.227. The topological polar surface area (TPSA) is 35.8 Å². The monoisotopic (exact) mass is 412 g/mol. The number of halogens is 1. The molecule has 0 aliphatic heterocycles. The Labute approximate surface area is 174 Å². The summed E-state index contributed by atoms with van der Waals surface area (Å²) in [5, 5.41) is 9.52. The molecule has 138 valence electrons. The van der Waals surface area contributed by atoms with E-state index in [4.69, 9.17) is 16.9 Å². The van der Waals surface area contributed by atoms with Crippen LogP contribution in [0.5, 0.6) is 0 Å². The number of anilines is 1. The van der Waals surface area contributed by atoms with Crippen LogP contribution in [0.3, 0.4) is 0 Å². The molecule has 1 heterocycles. The van der Waals surface area contributed by atoms with Gasteiger partial charge in [0.05, 0.1) is 22.3 Å². The molecule has 0 saturated heterocycles. The minimum Gasteiger partial charge on any atom is -0.325 e. The van der Waals surface area contributed by atoms with Gasteiger partial charge in [0.15, 0.2) is 0 Å². The average Bonchev–Trinajstić information content (AvgIpc) is 3.01. The molecule has 2 aromatic carbocycles. The van der Waals surface area contributed by atoms with E-state index in [1.807, 2.05) is 6.07 Å². The summed E-state index contributed by atoms with van der Waals surface area (Å²) in [5.41, 5.74) is 4.28. The summed E-state index contributed by atoms with van der Waals surface area (Å²) in [7, 11) is 0. The summed E-state index contributed by atoms with van der Waals surface area (Å²) in [6, 6.07) is 18.5. The Balaban J connectivity index is 1.72. The first-order valence-electron chi connectivity index (χ1n) is 8.78. The Bertz CT molecular complexity index is 969. The highest BCUT2D eigenvalue weighted by atomic mass is 35.5. The van der Waals surface area contributed by atoms with Crippen molar-refractivity contribution in [3.05, 3.63) is 69.6 Å². The van der Waals surface area contributed by atoms with Crippen molar-refractivity contribution in [2.75, 3.05) is 4.72 Å². The van der Waals surface area contributed by atoms with Crippen molar-refractivity contribution in [1.29, 1.82) is 5.26 Å². The third-order valence-corrected chi connectivity index (χ3v) is 6.55. The smallest absolute Gasteiger partial charge is 0.0992 e. The van der Waals surface area contributed by atoms with Crippen LogP contribution in [0.15, 0.2) is 53.4 Å². The van der Waals surface area contributed by atoms with Crippen LogP contribution < -0.4 is 4.72 Å². The van der Waals surface area contributed by atoms with E-state index in [1.54, 1.807) is 23.5 Å². The Morgan fingerprint density at radius 3 is 2.52 bits per heavy atom. The van der Waals surface area contributed by atoms with Gasteiger partial charge in [0.1, 0.15) is 0 Å². The van der Waals surface area contributed by atoms with E-state index in [0.717, 1.165) is 17.0 Å². The van der Waals surface area contributed by atoms with E-state index in [-0.39, 0.29) is 0 Å². The number of hydrogen-bond acceptors (Lipinski definition) is 4. The summed E-state index contributed by atoms with van der Waals surface area (Å²) in [6.45, 7) is 6.60. The molecule has 0 aliphatic carbocycles. The van der Waals surface area contributed by atoms with Crippen LogP contribution >= 0.6 is 34.9 Å². The second-order valence-corrected chi connectivity index (χ2v) is 9.35. The van der Waals surface area contributed by atoms with Crippen molar-refractivity contribution in [3.8, 4) is 16.5 Å². The minimum atomic E-state index is 0.569.